The molecule has 0 aromatic carbocycles. The summed E-state index contributed by atoms with van der Waals surface area (Å²) in [6, 6.07) is 1.28. The van der Waals surface area contributed by atoms with Crippen LogP contribution < -0.4 is 0 Å². The van der Waals surface area contributed by atoms with Gasteiger partial charge >= 0.3 is 25.9 Å². The van der Waals surface area contributed by atoms with E-state index < -0.39 is 44.5 Å². The molecule has 14 heteroatoms. The Bertz CT molecular complexity index is 487. The fourth-order valence-corrected chi connectivity index (χ4v) is 24.5. The first-order valence-corrected chi connectivity index (χ1v) is 21.3. The van der Waals surface area contributed by atoms with Crippen LogP contribution in [0.25, 0.3) is 0 Å². The molecule has 0 amide bonds. The minimum atomic E-state index is -2.79. The molecule has 2 aliphatic rings. The largest absolute Gasteiger partial charge is 0.500 e. The zero-order valence-corrected chi connectivity index (χ0v) is 24.2. The third-order valence-corrected chi connectivity index (χ3v) is 24.1. The summed E-state index contributed by atoms with van der Waals surface area (Å²) in [5.74, 6) is 0. The molecule has 0 aromatic heterocycles. The standard InChI is InChI=1S/C15H38O9Si5/c1-16-29(17-2,18-3)13-12-27(6)22-25(4)21-26(5)23-28(7,24-27)15-14-19-10-8-9-11-20-15/h15,25-26H,8-14H2,1-7H3. The molecule has 172 valence electrons. The molecular formula is C15H38O9Si5. The first-order valence-electron chi connectivity index (χ1n) is 10.3. The minimum Gasteiger partial charge on any atom is -0.420 e. The van der Waals surface area contributed by atoms with Crippen molar-refractivity contribution in [2.75, 3.05) is 41.2 Å². The van der Waals surface area contributed by atoms with E-state index in [0.717, 1.165) is 19.4 Å². The van der Waals surface area contributed by atoms with Crippen LogP contribution in [-0.4, -0.2) is 91.4 Å². The molecule has 0 radical (unpaired) electrons. The molecule has 5 unspecified atom stereocenters. The van der Waals surface area contributed by atoms with Crippen LogP contribution in [0.5, 0.6) is 0 Å². The molecule has 0 saturated carbocycles. The van der Waals surface area contributed by atoms with Crippen molar-refractivity contribution in [2.24, 2.45) is 0 Å². The van der Waals surface area contributed by atoms with Crippen LogP contribution in [0.4, 0.5) is 0 Å². The summed E-state index contributed by atoms with van der Waals surface area (Å²) in [6.07, 6.45) is 1.99. The first kappa shape index (κ1) is 26.0. The third kappa shape index (κ3) is 7.38. The molecule has 9 nitrogen and oxygen atoms in total. The number of rotatable bonds is 7. The first-order chi connectivity index (χ1) is 13.7. The van der Waals surface area contributed by atoms with Crippen LogP contribution in [0, 0.1) is 0 Å². The van der Waals surface area contributed by atoms with Crippen LogP contribution in [0.3, 0.4) is 0 Å². The molecule has 29 heavy (non-hydrogen) atoms. The van der Waals surface area contributed by atoms with Gasteiger partial charge in [0.25, 0.3) is 18.6 Å². The van der Waals surface area contributed by atoms with E-state index in [0.29, 0.717) is 25.3 Å². The van der Waals surface area contributed by atoms with Gasteiger partial charge in [-0.2, -0.15) is 0 Å². The van der Waals surface area contributed by atoms with Crippen molar-refractivity contribution in [2.45, 2.75) is 56.8 Å². The normalized spacial score (nSPS) is 38.0. The van der Waals surface area contributed by atoms with E-state index in [1.165, 1.54) is 0 Å². The Morgan fingerprint density at radius 2 is 1.59 bits per heavy atom. The van der Waals surface area contributed by atoms with Crippen molar-refractivity contribution in [1.82, 2.24) is 0 Å². The van der Waals surface area contributed by atoms with Gasteiger partial charge in [0.1, 0.15) is 5.73 Å². The molecule has 2 fully saturated rings. The molecule has 2 rings (SSSR count). The topological polar surface area (TPSA) is 83.1 Å². The van der Waals surface area contributed by atoms with Crippen LogP contribution in [0.1, 0.15) is 12.8 Å². The predicted molar refractivity (Wildman–Crippen MR) is 120 cm³/mol. The lowest BCUT2D eigenvalue weighted by molar-refractivity contribution is -0.0187. The number of ether oxygens (including phenoxy) is 2. The maximum atomic E-state index is 6.85. The summed E-state index contributed by atoms with van der Waals surface area (Å²) in [6.45, 7) is 10.1. The molecule has 2 heterocycles. The molecule has 0 aliphatic carbocycles. The van der Waals surface area contributed by atoms with Crippen molar-refractivity contribution >= 4 is 44.5 Å². The Morgan fingerprint density at radius 1 is 0.966 bits per heavy atom. The molecule has 0 bridgehead atoms. The quantitative estimate of drug-likeness (QED) is 0.481. The maximum Gasteiger partial charge on any atom is 0.500 e. The van der Waals surface area contributed by atoms with Gasteiger partial charge in [0.15, 0.2) is 0 Å². The van der Waals surface area contributed by atoms with E-state index in [9.17, 15) is 0 Å². The van der Waals surface area contributed by atoms with Gasteiger partial charge < -0.3 is 39.2 Å². The van der Waals surface area contributed by atoms with Gasteiger partial charge in [-0.25, -0.2) is 0 Å². The summed E-state index contributed by atoms with van der Waals surface area (Å²) in [5, 5.41) is 0. The number of hydrogen-bond acceptors (Lipinski definition) is 9. The molecule has 0 N–H and O–H groups in total. The Morgan fingerprint density at radius 3 is 2.24 bits per heavy atom. The van der Waals surface area contributed by atoms with Crippen LogP contribution in [0.15, 0.2) is 0 Å². The number of hydrogen-bond donors (Lipinski definition) is 0. The molecule has 0 spiro atoms. The monoisotopic (exact) mass is 502 g/mol. The fraction of sp³-hybridized carbons (Fsp3) is 1.00. The second-order valence-corrected chi connectivity index (χ2v) is 22.3. The zero-order valence-electron chi connectivity index (χ0n) is 18.9. The van der Waals surface area contributed by atoms with Gasteiger partial charge in [0.05, 0.1) is 6.61 Å². The van der Waals surface area contributed by atoms with E-state index in [2.05, 4.69) is 13.1 Å². The summed E-state index contributed by atoms with van der Waals surface area (Å²) in [5.41, 5.74) is -0.207. The average Bonchev–Trinajstić information content (AvgIpc) is 2.61. The fourth-order valence-electron chi connectivity index (χ4n) is 3.74. The Kier molecular flexibility index (Phi) is 10.3. The summed E-state index contributed by atoms with van der Waals surface area (Å²) in [7, 11) is -7.06. The molecular weight excluding hydrogens is 465 g/mol. The highest BCUT2D eigenvalue weighted by molar-refractivity contribution is 6.87. The van der Waals surface area contributed by atoms with Crippen molar-refractivity contribution in [3.05, 3.63) is 0 Å². The molecule has 2 aliphatic heterocycles. The molecule has 5 atom stereocenters. The van der Waals surface area contributed by atoms with E-state index in [4.69, 9.17) is 39.2 Å². The van der Waals surface area contributed by atoms with Crippen LogP contribution >= 0.6 is 0 Å². The van der Waals surface area contributed by atoms with Crippen LogP contribution in [-0.2, 0) is 39.2 Å². The van der Waals surface area contributed by atoms with Gasteiger partial charge in [-0.1, -0.05) is 0 Å². The third-order valence-electron chi connectivity index (χ3n) is 5.29. The van der Waals surface area contributed by atoms with Gasteiger partial charge in [-0.15, -0.1) is 0 Å². The maximum absolute atomic E-state index is 6.85. The summed E-state index contributed by atoms with van der Waals surface area (Å²) >= 11 is 0. The summed E-state index contributed by atoms with van der Waals surface area (Å²) < 4.78 is 54.8. The van der Waals surface area contributed by atoms with Crippen molar-refractivity contribution < 1.29 is 39.2 Å². The molecule has 0 aromatic rings. The SMILES string of the molecule is CO[Si](CC[Si]1(C)O[SiH](C)O[SiH](C)O[Si](C)(C2COCCCCO2)O1)(OC)OC. The van der Waals surface area contributed by atoms with E-state index in [-0.39, 0.29) is 5.73 Å². The second-order valence-electron chi connectivity index (χ2n) is 7.70. The van der Waals surface area contributed by atoms with Crippen molar-refractivity contribution in [3.63, 3.8) is 0 Å². The van der Waals surface area contributed by atoms with E-state index >= 15 is 0 Å². The highest BCUT2D eigenvalue weighted by Crippen LogP contribution is 2.32. The van der Waals surface area contributed by atoms with Gasteiger partial charge in [-0.3, -0.25) is 0 Å². The highest BCUT2D eigenvalue weighted by Gasteiger charge is 2.54. The zero-order chi connectivity index (χ0) is 21.5. The van der Waals surface area contributed by atoms with Gasteiger partial charge in [0, 0.05) is 40.6 Å². The van der Waals surface area contributed by atoms with Crippen molar-refractivity contribution in [3.8, 4) is 0 Å². The molecule has 2 saturated heterocycles. The van der Waals surface area contributed by atoms with E-state index in [1.807, 2.05) is 13.1 Å². The lowest BCUT2D eigenvalue weighted by atomic mass is 10.3. The van der Waals surface area contributed by atoms with Crippen molar-refractivity contribution in [1.29, 1.82) is 0 Å². The second kappa shape index (κ2) is 11.5. The Balaban J connectivity index is 2.22. The minimum absolute atomic E-state index is 0.207. The smallest absolute Gasteiger partial charge is 0.420 e. The van der Waals surface area contributed by atoms with Crippen LogP contribution in [0.2, 0.25) is 38.3 Å². The van der Waals surface area contributed by atoms with Gasteiger partial charge in [-0.05, 0) is 45.1 Å². The predicted octanol–water partition coefficient (Wildman–Crippen LogP) is 1.52. The van der Waals surface area contributed by atoms with Gasteiger partial charge in [0.2, 0.25) is 0 Å². The Labute approximate surface area is 181 Å². The lowest BCUT2D eigenvalue weighted by Crippen LogP contribution is -2.66. The average molecular weight is 503 g/mol. The van der Waals surface area contributed by atoms with E-state index in [1.54, 1.807) is 21.3 Å². The Hall–Kier alpha value is 0.724. The lowest BCUT2D eigenvalue weighted by Gasteiger charge is -2.46. The summed E-state index contributed by atoms with van der Waals surface area (Å²) in [4.78, 5) is 0. The highest BCUT2D eigenvalue weighted by atomic mass is 28.5.